The number of ether oxygens (including phenoxy) is 2. The third kappa shape index (κ3) is 5.97. The molecule has 0 bridgehead atoms. The fourth-order valence-electron chi connectivity index (χ4n) is 1.87. The molecule has 23 heavy (non-hydrogen) atoms. The number of nitrogens with one attached hydrogen (secondary N) is 2. The number of aromatic nitrogens is 2. The zero-order valence-corrected chi connectivity index (χ0v) is 15.5. The normalized spacial score (nSPS) is 10.8. The first-order valence-corrected chi connectivity index (χ1v) is 7.17. The van der Waals surface area contributed by atoms with E-state index in [0.717, 1.165) is 17.1 Å². The highest BCUT2D eigenvalue weighted by atomic mass is 127. The Kier molecular flexibility index (Phi) is 8.23. The number of aliphatic imine (C=N–C) groups is 1. The number of halogens is 1. The minimum Gasteiger partial charge on any atom is -0.494 e. The van der Waals surface area contributed by atoms with E-state index in [9.17, 15) is 0 Å². The summed E-state index contributed by atoms with van der Waals surface area (Å²) in [6.45, 7) is 5.44. The molecule has 0 aliphatic rings. The fourth-order valence-corrected chi connectivity index (χ4v) is 1.87. The molecule has 2 aromatic rings. The highest BCUT2D eigenvalue weighted by Gasteiger charge is 2.07. The number of nitrogens with zero attached hydrogens (tertiary/aromatic N) is 2. The van der Waals surface area contributed by atoms with E-state index in [4.69, 9.17) is 15.2 Å². The standard InChI is InChI=1S/C15H21N5O2.HI/c1-3-21-12-5-6-14(22-4-2)13(9-12)19-15(16)17-10-11-7-8-18-20-11;/h5-9H,3-4,10H2,1-2H3,(H,18,20)(H3,16,17,19);1H. The lowest BCUT2D eigenvalue weighted by Gasteiger charge is -2.13. The number of benzene rings is 1. The molecule has 0 aliphatic heterocycles. The van der Waals surface area contributed by atoms with Crippen molar-refractivity contribution in [1.82, 2.24) is 10.2 Å². The molecule has 2 rings (SSSR count). The molecule has 0 spiro atoms. The fraction of sp³-hybridized carbons (Fsp3) is 0.333. The van der Waals surface area contributed by atoms with Gasteiger partial charge in [0, 0.05) is 12.3 Å². The second-order valence-electron chi connectivity index (χ2n) is 4.43. The van der Waals surface area contributed by atoms with E-state index in [1.54, 1.807) is 6.20 Å². The third-order valence-electron chi connectivity index (χ3n) is 2.80. The molecule has 1 aromatic carbocycles. The summed E-state index contributed by atoms with van der Waals surface area (Å²) in [7, 11) is 0. The van der Waals surface area contributed by atoms with Gasteiger partial charge in [-0.25, -0.2) is 4.99 Å². The van der Waals surface area contributed by atoms with Crippen LogP contribution in [0.4, 0.5) is 5.69 Å². The Morgan fingerprint density at radius 1 is 1.26 bits per heavy atom. The molecule has 0 amide bonds. The van der Waals surface area contributed by atoms with Crippen molar-refractivity contribution >= 4 is 35.6 Å². The van der Waals surface area contributed by atoms with Crippen LogP contribution in [0.25, 0.3) is 0 Å². The summed E-state index contributed by atoms with van der Waals surface area (Å²) in [5.74, 6) is 1.74. The second-order valence-corrected chi connectivity index (χ2v) is 4.43. The number of hydrogen-bond donors (Lipinski definition) is 3. The summed E-state index contributed by atoms with van der Waals surface area (Å²) in [5.41, 5.74) is 7.53. The Balaban J connectivity index is 0.00000264. The molecule has 0 aliphatic carbocycles. The molecule has 0 saturated carbocycles. The predicted molar refractivity (Wildman–Crippen MR) is 102 cm³/mol. The Labute approximate surface area is 152 Å². The van der Waals surface area contributed by atoms with Gasteiger partial charge in [0.1, 0.15) is 11.5 Å². The Morgan fingerprint density at radius 3 is 2.70 bits per heavy atom. The number of nitrogens with two attached hydrogens (primary N) is 1. The van der Waals surface area contributed by atoms with Crippen LogP contribution in [-0.2, 0) is 6.54 Å². The summed E-state index contributed by atoms with van der Waals surface area (Å²) in [6.07, 6.45) is 1.67. The molecule has 4 N–H and O–H groups in total. The van der Waals surface area contributed by atoms with Crippen molar-refractivity contribution in [2.45, 2.75) is 20.4 Å². The second kappa shape index (κ2) is 9.93. The Bertz CT molecular complexity index is 616. The SMILES string of the molecule is CCOc1ccc(OCC)c(NC(N)=NCc2ccn[nH]2)c1.I. The van der Waals surface area contributed by atoms with Gasteiger partial charge in [0.05, 0.1) is 31.1 Å². The van der Waals surface area contributed by atoms with Gasteiger partial charge in [-0.1, -0.05) is 0 Å². The third-order valence-corrected chi connectivity index (χ3v) is 2.80. The first kappa shape index (κ1) is 19.1. The summed E-state index contributed by atoms with van der Waals surface area (Å²) in [6, 6.07) is 7.39. The van der Waals surface area contributed by atoms with Crippen molar-refractivity contribution in [2.75, 3.05) is 18.5 Å². The first-order chi connectivity index (χ1) is 10.7. The summed E-state index contributed by atoms with van der Waals surface area (Å²) in [4.78, 5) is 4.25. The molecule has 0 unspecified atom stereocenters. The van der Waals surface area contributed by atoms with E-state index >= 15 is 0 Å². The quantitative estimate of drug-likeness (QED) is 0.356. The van der Waals surface area contributed by atoms with Crippen LogP contribution in [0.2, 0.25) is 0 Å². The summed E-state index contributed by atoms with van der Waals surface area (Å²) in [5, 5.41) is 9.74. The molecule has 0 fully saturated rings. The van der Waals surface area contributed by atoms with Crippen LogP contribution >= 0.6 is 24.0 Å². The van der Waals surface area contributed by atoms with E-state index in [-0.39, 0.29) is 24.0 Å². The van der Waals surface area contributed by atoms with Crippen LogP contribution in [0.5, 0.6) is 11.5 Å². The van der Waals surface area contributed by atoms with Gasteiger partial charge in [-0.15, -0.1) is 24.0 Å². The highest BCUT2D eigenvalue weighted by molar-refractivity contribution is 14.0. The van der Waals surface area contributed by atoms with Gasteiger partial charge in [-0.2, -0.15) is 5.10 Å². The van der Waals surface area contributed by atoms with Crippen LogP contribution in [0.15, 0.2) is 35.5 Å². The Hall–Kier alpha value is -1.97. The van der Waals surface area contributed by atoms with Gasteiger partial charge in [0.25, 0.3) is 0 Å². The van der Waals surface area contributed by atoms with Crippen LogP contribution in [0, 0.1) is 0 Å². The maximum Gasteiger partial charge on any atom is 0.193 e. The van der Waals surface area contributed by atoms with Gasteiger partial charge in [-0.3, -0.25) is 5.10 Å². The lowest BCUT2D eigenvalue weighted by atomic mass is 10.2. The van der Waals surface area contributed by atoms with E-state index in [0.29, 0.717) is 31.5 Å². The molecule has 8 heteroatoms. The molecule has 0 saturated heterocycles. The number of guanidine groups is 1. The minimum absolute atomic E-state index is 0. The molecule has 1 heterocycles. The molecule has 7 nitrogen and oxygen atoms in total. The molecule has 0 radical (unpaired) electrons. The lowest BCUT2D eigenvalue weighted by Crippen LogP contribution is -2.23. The van der Waals surface area contributed by atoms with E-state index < -0.39 is 0 Å². The van der Waals surface area contributed by atoms with E-state index in [1.165, 1.54) is 0 Å². The van der Waals surface area contributed by atoms with Crippen molar-refractivity contribution in [2.24, 2.45) is 10.7 Å². The zero-order valence-electron chi connectivity index (χ0n) is 13.2. The number of anilines is 1. The van der Waals surface area contributed by atoms with Crippen LogP contribution < -0.4 is 20.5 Å². The number of rotatable bonds is 7. The van der Waals surface area contributed by atoms with Crippen molar-refractivity contribution in [3.8, 4) is 11.5 Å². The average molecular weight is 431 g/mol. The van der Waals surface area contributed by atoms with E-state index in [1.807, 2.05) is 38.1 Å². The van der Waals surface area contributed by atoms with Crippen LogP contribution in [0.3, 0.4) is 0 Å². The molecule has 126 valence electrons. The van der Waals surface area contributed by atoms with Crippen LogP contribution in [0.1, 0.15) is 19.5 Å². The summed E-state index contributed by atoms with van der Waals surface area (Å²) < 4.78 is 11.1. The molecular weight excluding hydrogens is 409 g/mol. The smallest absolute Gasteiger partial charge is 0.193 e. The maximum atomic E-state index is 5.92. The van der Waals surface area contributed by atoms with Crippen molar-refractivity contribution in [1.29, 1.82) is 0 Å². The monoisotopic (exact) mass is 431 g/mol. The average Bonchev–Trinajstić information content (AvgIpc) is 3.02. The van der Waals surface area contributed by atoms with Crippen molar-refractivity contribution in [3.63, 3.8) is 0 Å². The zero-order chi connectivity index (χ0) is 15.8. The van der Waals surface area contributed by atoms with Gasteiger partial charge in [0.15, 0.2) is 5.96 Å². The highest BCUT2D eigenvalue weighted by Crippen LogP contribution is 2.29. The van der Waals surface area contributed by atoms with Crippen molar-refractivity contribution < 1.29 is 9.47 Å². The number of aromatic amines is 1. The summed E-state index contributed by atoms with van der Waals surface area (Å²) >= 11 is 0. The largest absolute Gasteiger partial charge is 0.494 e. The maximum absolute atomic E-state index is 5.92. The van der Waals surface area contributed by atoms with E-state index in [2.05, 4.69) is 20.5 Å². The minimum atomic E-state index is 0. The number of hydrogen-bond acceptors (Lipinski definition) is 4. The lowest BCUT2D eigenvalue weighted by molar-refractivity contribution is 0.332. The molecule has 1 aromatic heterocycles. The predicted octanol–water partition coefficient (Wildman–Crippen LogP) is 2.75. The van der Waals surface area contributed by atoms with Gasteiger partial charge in [-0.05, 0) is 32.0 Å². The van der Waals surface area contributed by atoms with Gasteiger partial charge >= 0.3 is 0 Å². The number of H-pyrrole nitrogens is 1. The van der Waals surface area contributed by atoms with Crippen LogP contribution in [-0.4, -0.2) is 29.4 Å². The first-order valence-electron chi connectivity index (χ1n) is 7.17. The Morgan fingerprint density at radius 2 is 2.04 bits per heavy atom. The molecular formula is C15H22IN5O2. The van der Waals surface area contributed by atoms with Gasteiger partial charge in [0.2, 0.25) is 0 Å². The topological polar surface area (TPSA) is 97.6 Å². The van der Waals surface area contributed by atoms with Crippen molar-refractivity contribution in [3.05, 3.63) is 36.2 Å². The molecule has 0 atom stereocenters. The van der Waals surface area contributed by atoms with Gasteiger partial charge < -0.3 is 20.5 Å².